The summed E-state index contributed by atoms with van der Waals surface area (Å²) in [5, 5.41) is 5.32. The van der Waals surface area contributed by atoms with Crippen LogP contribution >= 0.6 is 11.6 Å². The molecule has 0 aliphatic heterocycles. The van der Waals surface area contributed by atoms with Crippen molar-refractivity contribution >= 4 is 45.3 Å². The molecule has 0 bridgehead atoms. The van der Waals surface area contributed by atoms with Crippen LogP contribution in [0, 0.1) is 11.8 Å². The average Bonchev–Trinajstić information content (AvgIpc) is 3.28. The first kappa shape index (κ1) is 23.6. The summed E-state index contributed by atoms with van der Waals surface area (Å²) < 4.78 is 1.52. The third-order valence-electron chi connectivity index (χ3n) is 5.82. The van der Waals surface area contributed by atoms with Gasteiger partial charge in [-0.15, -0.1) is 0 Å². The number of nitrogens with one attached hydrogen (secondary N) is 1. The summed E-state index contributed by atoms with van der Waals surface area (Å²) in [6.45, 7) is 7.85. The first-order valence-corrected chi connectivity index (χ1v) is 11.7. The number of nitrogens with two attached hydrogens (primary N) is 1. The normalized spacial score (nSPS) is 11.1. The maximum absolute atomic E-state index is 12.7. The number of rotatable bonds is 6. The lowest BCUT2D eigenvalue weighted by atomic mass is 10.1. The second-order valence-electron chi connectivity index (χ2n) is 7.90. The van der Waals surface area contributed by atoms with Crippen LogP contribution in [-0.2, 0) is 0 Å². The topological polar surface area (TPSA) is 89.1 Å². The van der Waals surface area contributed by atoms with Gasteiger partial charge in [-0.05, 0) is 50.3 Å². The molecule has 1 amide bonds. The van der Waals surface area contributed by atoms with E-state index in [-0.39, 0.29) is 6.03 Å². The minimum atomic E-state index is -0.204. The summed E-state index contributed by atoms with van der Waals surface area (Å²) in [6.07, 6.45) is 4.12. The van der Waals surface area contributed by atoms with Crippen molar-refractivity contribution in [1.82, 2.24) is 24.8 Å². The molecule has 0 saturated heterocycles. The Balaban J connectivity index is 1.58. The first-order valence-electron chi connectivity index (χ1n) is 11.3. The van der Waals surface area contributed by atoms with E-state index in [0.29, 0.717) is 39.5 Å². The molecule has 0 aliphatic rings. The number of aromatic nitrogens is 3. The molecule has 7 nitrogen and oxygen atoms in total. The van der Waals surface area contributed by atoms with Gasteiger partial charge in [-0.2, -0.15) is 0 Å². The summed E-state index contributed by atoms with van der Waals surface area (Å²) in [7, 11) is 0. The molecule has 0 radical (unpaired) electrons. The van der Waals surface area contributed by atoms with Gasteiger partial charge in [-0.3, -0.25) is 4.57 Å². The number of fused-ring (bicyclic) bond motifs is 2. The first-order chi connectivity index (χ1) is 16.5. The standard InChI is InChI=1S/C26H27ClN6O/c1-3-32(4-2)14-6-13-29-26(34)33-17-31-24-18(7-5-8-23(24)33)10-12-21-22-15-20(27)11-9-19(22)16-30-25(21)28/h5,7-9,11,15-17H,3-4,6,13-14H2,1-2H3,(H2,28,30)(H,29,34). The van der Waals surface area contributed by atoms with E-state index in [1.807, 2.05) is 30.3 Å². The highest BCUT2D eigenvalue weighted by atomic mass is 35.5. The van der Waals surface area contributed by atoms with Crippen molar-refractivity contribution < 1.29 is 4.79 Å². The Labute approximate surface area is 203 Å². The van der Waals surface area contributed by atoms with Gasteiger partial charge in [0.2, 0.25) is 0 Å². The molecule has 2 heterocycles. The number of para-hydroxylation sites is 1. The number of pyridine rings is 1. The molecular weight excluding hydrogens is 448 g/mol. The maximum Gasteiger partial charge on any atom is 0.327 e. The number of halogens is 1. The van der Waals surface area contributed by atoms with Crippen molar-refractivity contribution in [1.29, 1.82) is 0 Å². The molecule has 2 aromatic heterocycles. The number of carbonyl (C=O) groups excluding carboxylic acids is 1. The van der Waals surface area contributed by atoms with Crippen molar-refractivity contribution in [2.45, 2.75) is 20.3 Å². The van der Waals surface area contributed by atoms with Crippen molar-refractivity contribution in [2.24, 2.45) is 0 Å². The monoisotopic (exact) mass is 474 g/mol. The molecule has 34 heavy (non-hydrogen) atoms. The Hall–Kier alpha value is -3.60. The summed E-state index contributed by atoms with van der Waals surface area (Å²) in [5.41, 5.74) is 8.78. The highest BCUT2D eigenvalue weighted by molar-refractivity contribution is 6.31. The summed E-state index contributed by atoms with van der Waals surface area (Å²) in [6, 6.07) is 10.9. The molecule has 0 unspecified atom stereocenters. The van der Waals surface area contributed by atoms with Crippen molar-refractivity contribution in [3.8, 4) is 11.8 Å². The Morgan fingerprint density at radius 3 is 2.79 bits per heavy atom. The number of nitrogen functional groups attached to an aromatic ring is 1. The number of hydrogen-bond donors (Lipinski definition) is 2. The third kappa shape index (κ3) is 4.98. The lowest BCUT2D eigenvalue weighted by Gasteiger charge is -2.17. The van der Waals surface area contributed by atoms with E-state index in [9.17, 15) is 4.79 Å². The molecule has 0 aliphatic carbocycles. The Bertz CT molecular complexity index is 1390. The van der Waals surface area contributed by atoms with Crippen LogP contribution in [-0.4, -0.2) is 51.6 Å². The zero-order chi connectivity index (χ0) is 24.1. The SMILES string of the molecule is CCN(CC)CCCNC(=O)n1cnc2c(C#Cc3c(N)ncc4ccc(Cl)cc34)cccc21. The van der Waals surface area contributed by atoms with Gasteiger partial charge in [-0.25, -0.2) is 14.8 Å². The minimum absolute atomic E-state index is 0.204. The van der Waals surface area contributed by atoms with Crippen LogP contribution in [0.25, 0.3) is 21.8 Å². The summed E-state index contributed by atoms with van der Waals surface area (Å²) in [5.74, 6) is 6.64. The number of imidazole rings is 1. The second-order valence-corrected chi connectivity index (χ2v) is 8.34. The van der Waals surface area contributed by atoms with Crippen LogP contribution in [0.1, 0.15) is 31.4 Å². The van der Waals surface area contributed by atoms with Crippen molar-refractivity contribution in [3.63, 3.8) is 0 Å². The molecule has 0 spiro atoms. The quantitative estimate of drug-likeness (QED) is 0.317. The fourth-order valence-corrected chi connectivity index (χ4v) is 4.06. The number of amides is 1. The van der Waals surface area contributed by atoms with Crippen LogP contribution in [0.15, 0.2) is 48.9 Å². The van der Waals surface area contributed by atoms with E-state index in [0.717, 1.165) is 36.8 Å². The Morgan fingerprint density at radius 1 is 1.18 bits per heavy atom. The fraction of sp³-hybridized carbons (Fsp3) is 0.269. The van der Waals surface area contributed by atoms with Gasteiger partial charge >= 0.3 is 6.03 Å². The number of anilines is 1. The van der Waals surface area contributed by atoms with E-state index < -0.39 is 0 Å². The summed E-state index contributed by atoms with van der Waals surface area (Å²) in [4.78, 5) is 23.8. The minimum Gasteiger partial charge on any atom is -0.383 e. The van der Waals surface area contributed by atoms with Gasteiger partial charge in [-0.1, -0.05) is 49.4 Å². The highest BCUT2D eigenvalue weighted by Gasteiger charge is 2.12. The number of nitrogens with zero attached hydrogens (tertiary/aromatic N) is 4. The summed E-state index contributed by atoms with van der Waals surface area (Å²) >= 11 is 6.18. The molecule has 0 saturated carbocycles. The van der Waals surface area contributed by atoms with Crippen LogP contribution in [0.2, 0.25) is 5.02 Å². The van der Waals surface area contributed by atoms with E-state index in [1.165, 1.54) is 10.9 Å². The van der Waals surface area contributed by atoms with Gasteiger partial charge in [0.25, 0.3) is 0 Å². The number of carbonyl (C=O) groups is 1. The van der Waals surface area contributed by atoms with Crippen LogP contribution in [0.3, 0.4) is 0 Å². The molecule has 0 fully saturated rings. The van der Waals surface area contributed by atoms with E-state index in [1.54, 1.807) is 12.3 Å². The lowest BCUT2D eigenvalue weighted by Crippen LogP contribution is -2.32. The molecule has 174 valence electrons. The average molecular weight is 475 g/mol. The predicted molar refractivity (Wildman–Crippen MR) is 138 cm³/mol. The smallest absolute Gasteiger partial charge is 0.327 e. The largest absolute Gasteiger partial charge is 0.383 e. The van der Waals surface area contributed by atoms with Gasteiger partial charge in [0.05, 0.1) is 16.6 Å². The predicted octanol–water partition coefficient (Wildman–Crippen LogP) is 4.51. The second kappa shape index (κ2) is 10.6. The van der Waals surface area contributed by atoms with Gasteiger partial charge in [0.1, 0.15) is 17.7 Å². The molecule has 4 rings (SSSR count). The van der Waals surface area contributed by atoms with E-state index in [2.05, 4.69) is 45.9 Å². The Kier molecular flexibility index (Phi) is 7.31. The molecule has 4 aromatic rings. The molecule has 0 atom stereocenters. The Morgan fingerprint density at radius 2 is 2.00 bits per heavy atom. The van der Waals surface area contributed by atoms with Crippen LogP contribution < -0.4 is 11.1 Å². The zero-order valence-electron chi connectivity index (χ0n) is 19.3. The van der Waals surface area contributed by atoms with Gasteiger partial charge < -0.3 is 16.0 Å². The zero-order valence-corrected chi connectivity index (χ0v) is 20.1. The van der Waals surface area contributed by atoms with Crippen LogP contribution in [0.5, 0.6) is 0 Å². The lowest BCUT2D eigenvalue weighted by molar-refractivity contribution is 0.241. The maximum atomic E-state index is 12.7. The third-order valence-corrected chi connectivity index (χ3v) is 6.06. The highest BCUT2D eigenvalue weighted by Crippen LogP contribution is 2.25. The number of hydrogen-bond acceptors (Lipinski definition) is 5. The van der Waals surface area contributed by atoms with Gasteiger partial charge in [0.15, 0.2) is 0 Å². The molecule has 8 heteroatoms. The van der Waals surface area contributed by atoms with Crippen molar-refractivity contribution in [3.05, 3.63) is 65.1 Å². The van der Waals surface area contributed by atoms with E-state index >= 15 is 0 Å². The molecule has 3 N–H and O–H groups in total. The van der Waals surface area contributed by atoms with Gasteiger partial charge in [0, 0.05) is 28.5 Å². The molecule has 2 aromatic carbocycles. The van der Waals surface area contributed by atoms with Crippen LogP contribution in [0.4, 0.5) is 10.6 Å². The fourth-order valence-electron chi connectivity index (χ4n) is 3.89. The molecular formula is C26H27ClN6O. The van der Waals surface area contributed by atoms with Crippen molar-refractivity contribution in [2.75, 3.05) is 31.9 Å². The van der Waals surface area contributed by atoms with E-state index in [4.69, 9.17) is 17.3 Å². The number of benzene rings is 2.